The van der Waals surface area contributed by atoms with Gasteiger partial charge in [0.1, 0.15) is 0 Å². The maximum Gasteiger partial charge on any atom is 0.317 e. The molecule has 1 N–H and O–H groups in total. The highest BCUT2D eigenvalue weighted by Gasteiger charge is 2.12. The number of fused-ring (bicyclic) bond motifs is 1. The molecule has 1 heterocycles. The minimum Gasteiger partial charge on any atom is -0.338 e. The van der Waals surface area contributed by atoms with Gasteiger partial charge >= 0.3 is 6.03 Å². The average Bonchev–Trinajstić information content (AvgIpc) is 3.05. The lowest BCUT2D eigenvalue weighted by Gasteiger charge is -2.19. The molecule has 0 saturated carbocycles. The van der Waals surface area contributed by atoms with E-state index in [1.165, 1.54) is 0 Å². The van der Waals surface area contributed by atoms with Crippen molar-refractivity contribution in [2.24, 2.45) is 0 Å². The summed E-state index contributed by atoms with van der Waals surface area (Å²) >= 11 is 12.2. The van der Waals surface area contributed by atoms with Gasteiger partial charge in [-0.25, -0.2) is 9.78 Å². The second-order valence-electron chi connectivity index (χ2n) is 6.08. The molecule has 5 nitrogen and oxygen atoms in total. The number of urea groups is 1. The largest absolute Gasteiger partial charge is 0.338 e. The fourth-order valence-electron chi connectivity index (χ4n) is 2.77. The Morgan fingerprint density at radius 1 is 1.19 bits per heavy atom. The molecule has 0 saturated heterocycles. The average molecular weight is 391 g/mol. The zero-order valence-corrected chi connectivity index (χ0v) is 16.0. The fraction of sp³-hybridized carbons (Fsp3) is 0.263. The van der Waals surface area contributed by atoms with Crippen LogP contribution in [0.25, 0.3) is 11.0 Å². The van der Waals surface area contributed by atoms with E-state index in [0.717, 1.165) is 29.6 Å². The molecule has 2 aromatic carbocycles. The first-order valence-electron chi connectivity index (χ1n) is 8.38. The molecule has 136 valence electrons. The van der Waals surface area contributed by atoms with Gasteiger partial charge in [0, 0.05) is 26.7 Å². The molecular formula is C19H20Cl2N4O. The summed E-state index contributed by atoms with van der Waals surface area (Å²) in [5, 5.41) is 3.90. The highest BCUT2D eigenvalue weighted by Crippen LogP contribution is 2.26. The Balaban J connectivity index is 1.47. The highest BCUT2D eigenvalue weighted by atomic mass is 35.5. The number of aryl methyl sites for hydroxylation is 1. The summed E-state index contributed by atoms with van der Waals surface area (Å²) in [6.07, 6.45) is 2.65. The predicted octanol–water partition coefficient (Wildman–Crippen LogP) is 4.57. The third kappa shape index (κ3) is 4.29. The van der Waals surface area contributed by atoms with E-state index in [0.29, 0.717) is 23.1 Å². The van der Waals surface area contributed by atoms with Crippen LogP contribution in [0.4, 0.5) is 4.79 Å². The highest BCUT2D eigenvalue weighted by molar-refractivity contribution is 6.42. The van der Waals surface area contributed by atoms with Crippen LogP contribution < -0.4 is 5.32 Å². The molecule has 0 unspecified atom stereocenters. The number of amides is 2. The number of rotatable bonds is 6. The van der Waals surface area contributed by atoms with Gasteiger partial charge in [0.2, 0.25) is 0 Å². The van der Waals surface area contributed by atoms with Crippen molar-refractivity contribution in [3.05, 3.63) is 64.4 Å². The topological polar surface area (TPSA) is 50.2 Å². The molecule has 0 bridgehead atoms. The molecule has 0 radical (unpaired) electrons. The number of halogens is 2. The Bertz CT molecular complexity index is 909. The van der Waals surface area contributed by atoms with Crippen LogP contribution in [0.5, 0.6) is 0 Å². The predicted molar refractivity (Wildman–Crippen MR) is 106 cm³/mol. The van der Waals surface area contributed by atoms with Crippen molar-refractivity contribution in [1.82, 2.24) is 19.8 Å². The first kappa shape index (κ1) is 18.5. The van der Waals surface area contributed by atoms with Gasteiger partial charge in [0.25, 0.3) is 0 Å². The van der Waals surface area contributed by atoms with Gasteiger partial charge in [0.05, 0.1) is 27.4 Å². The van der Waals surface area contributed by atoms with Crippen LogP contribution in [0.15, 0.2) is 48.8 Å². The Kier molecular flexibility index (Phi) is 6.01. The van der Waals surface area contributed by atoms with Crippen LogP contribution in [0, 0.1) is 0 Å². The van der Waals surface area contributed by atoms with Crippen molar-refractivity contribution in [3.63, 3.8) is 0 Å². The molecule has 3 rings (SSSR count). The number of imidazole rings is 1. The summed E-state index contributed by atoms with van der Waals surface area (Å²) in [6.45, 7) is 1.78. The quantitative estimate of drug-likeness (QED) is 0.626. The van der Waals surface area contributed by atoms with Crippen molar-refractivity contribution in [1.29, 1.82) is 0 Å². The molecule has 1 aromatic heterocycles. The first-order chi connectivity index (χ1) is 12.6. The van der Waals surface area contributed by atoms with E-state index in [4.69, 9.17) is 23.2 Å². The second-order valence-corrected chi connectivity index (χ2v) is 6.87. The van der Waals surface area contributed by atoms with Crippen LogP contribution in [0.1, 0.15) is 12.0 Å². The fourth-order valence-corrected chi connectivity index (χ4v) is 3.15. The van der Waals surface area contributed by atoms with Crippen molar-refractivity contribution in [2.45, 2.75) is 19.5 Å². The number of benzene rings is 2. The summed E-state index contributed by atoms with van der Waals surface area (Å²) < 4.78 is 2.09. The number of carbonyl (C=O) groups is 1. The summed E-state index contributed by atoms with van der Waals surface area (Å²) in [7, 11) is 1.73. The summed E-state index contributed by atoms with van der Waals surface area (Å²) in [6, 6.07) is 13.3. The molecule has 3 aromatic rings. The van der Waals surface area contributed by atoms with Gasteiger partial charge in [-0.3, -0.25) is 0 Å². The lowest BCUT2D eigenvalue weighted by Crippen LogP contribution is -2.37. The Morgan fingerprint density at radius 2 is 2.00 bits per heavy atom. The molecule has 0 aliphatic carbocycles. The number of nitrogens with zero attached hydrogens (tertiary/aromatic N) is 3. The molecule has 0 aliphatic rings. The molecule has 0 aliphatic heterocycles. The molecule has 7 heteroatoms. The number of hydrogen-bond acceptors (Lipinski definition) is 2. The number of hydrogen-bond donors (Lipinski definition) is 1. The van der Waals surface area contributed by atoms with Crippen molar-refractivity contribution in [2.75, 3.05) is 13.6 Å². The van der Waals surface area contributed by atoms with Gasteiger partial charge in [-0.05, 0) is 30.2 Å². The minimum absolute atomic E-state index is 0.142. The van der Waals surface area contributed by atoms with E-state index in [-0.39, 0.29) is 6.03 Å². The van der Waals surface area contributed by atoms with Gasteiger partial charge < -0.3 is 14.8 Å². The molecule has 0 spiro atoms. The maximum atomic E-state index is 12.2. The second kappa shape index (κ2) is 8.43. The summed E-state index contributed by atoms with van der Waals surface area (Å²) in [5.41, 5.74) is 2.91. The first-order valence-corrected chi connectivity index (χ1v) is 9.13. The number of nitrogens with one attached hydrogen (secondary N) is 1. The van der Waals surface area contributed by atoms with Crippen molar-refractivity contribution < 1.29 is 4.79 Å². The number of carbonyl (C=O) groups excluding carboxylic acids is 1. The summed E-state index contributed by atoms with van der Waals surface area (Å²) in [4.78, 5) is 18.2. The minimum atomic E-state index is -0.142. The number of aromatic nitrogens is 2. The third-order valence-corrected chi connectivity index (χ3v) is 5.02. The molecule has 2 amide bonds. The molecule has 0 atom stereocenters. The van der Waals surface area contributed by atoms with Gasteiger partial charge in [0.15, 0.2) is 0 Å². The van der Waals surface area contributed by atoms with E-state index in [1.807, 2.05) is 42.7 Å². The zero-order valence-electron chi connectivity index (χ0n) is 14.5. The van der Waals surface area contributed by atoms with Crippen molar-refractivity contribution >= 4 is 40.3 Å². The maximum absolute atomic E-state index is 12.2. The van der Waals surface area contributed by atoms with Gasteiger partial charge in [-0.1, -0.05) is 47.5 Å². The summed E-state index contributed by atoms with van der Waals surface area (Å²) in [5.74, 6) is 0. The smallest absolute Gasteiger partial charge is 0.317 e. The van der Waals surface area contributed by atoms with Gasteiger partial charge in [-0.15, -0.1) is 0 Å². The third-order valence-electron chi connectivity index (χ3n) is 4.17. The Hall–Kier alpha value is -2.24. The lowest BCUT2D eigenvalue weighted by atomic mass is 10.2. The standard InChI is InChI=1S/C19H20Cl2N4O/c1-24(12-14-6-4-7-15(20)18(14)21)19(26)22-10-5-11-25-13-23-16-8-2-3-9-17(16)25/h2-4,6-9,13H,5,10-12H2,1H3,(H,22,26). The van der Waals surface area contributed by atoms with E-state index >= 15 is 0 Å². The van der Waals surface area contributed by atoms with E-state index in [2.05, 4.69) is 14.9 Å². The van der Waals surface area contributed by atoms with E-state index in [1.54, 1.807) is 18.0 Å². The van der Waals surface area contributed by atoms with E-state index in [9.17, 15) is 4.79 Å². The number of para-hydroxylation sites is 2. The molecule has 26 heavy (non-hydrogen) atoms. The zero-order chi connectivity index (χ0) is 18.5. The SMILES string of the molecule is CN(Cc1cccc(Cl)c1Cl)C(=O)NCCCn1cnc2ccccc21. The van der Waals surface area contributed by atoms with Crippen LogP contribution in [0.3, 0.4) is 0 Å². The Labute approximate surface area is 162 Å². The van der Waals surface area contributed by atoms with Crippen LogP contribution in [0.2, 0.25) is 10.0 Å². The normalized spacial score (nSPS) is 10.9. The van der Waals surface area contributed by atoms with Crippen LogP contribution in [-0.2, 0) is 13.1 Å². The van der Waals surface area contributed by atoms with Crippen molar-refractivity contribution in [3.8, 4) is 0 Å². The molecule has 0 fully saturated rings. The molecular weight excluding hydrogens is 371 g/mol. The Morgan fingerprint density at radius 3 is 2.85 bits per heavy atom. The lowest BCUT2D eigenvalue weighted by molar-refractivity contribution is 0.206. The van der Waals surface area contributed by atoms with Crippen LogP contribution in [-0.4, -0.2) is 34.1 Å². The van der Waals surface area contributed by atoms with Gasteiger partial charge in [-0.2, -0.15) is 0 Å². The van der Waals surface area contributed by atoms with Crippen LogP contribution >= 0.6 is 23.2 Å². The van der Waals surface area contributed by atoms with E-state index < -0.39 is 0 Å². The monoisotopic (exact) mass is 390 g/mol.